The van der Waals surface area contributed by atoms with Gasteiger partial charge >= 0.3 is 0 Å². The molecule has 0 bridgehead atoms. The van der Waals surface area contributed by atoms with Gasteiger partial charge in [-0.15, -0.1) is 0 Å². The number of furan rings is 1. The number of pyridine rings is 2. The number of nitrogens with zero attached hydrogens (tertiary/aromatic N) is 6. The van der Waals surface area contributed by atoms with Crippen molar-refractivity contribution in [3.8, 4) is 6.07 Å². The number of carbonyl (C=O) groups excluding carboxylic acids is 2. The van der Waals surface area contributed by atoms with Crippen LogP contribution in [0.1, 0.15) is 43.4 Å². The first kappa shape index (κ1) is 28.8. The number of hydrogen-bond donors (Lipinski definition) is 0. The summed E-state index contributed by atoms with van der Waals surface area (Å²) in [5, 5.41) is 10.2. The molecule has 5 rings (SSSR count). The number of carbonyl (C=O) groups is 2. The molecule has 1 aliphatic rings. The first-order chi connectivity index (χ1) is 20.0. The lowest BCUT2D eigenvalue weighted by Gasteiger charge is -2.27. The molecule has 10 nitrogen and oxygen atoms in total. The lowest BCUT2D eigenvalue weighted by Crippen LogP contribution is -2.47. The predicted molar refractivity (Wildman–Crippen MR) is 160 cm³/mol. The van der Waals surface area contributed by atoms with Crippen LogP contribution in [0.5, 0.6) is 0 Å². The SMILES string of the molecule is CCN1C(=O)C(C)(C)C(=O)N(C)c2cc(CN(CCn3ccc4oc(C)cc4c3=O)Cc3cccnc3C#N)ccc21. The summed E-state index contributed by atoms with van der Waals surface area (Å²) >= 11 is 0. The second-order valence-electron chi connectivity index (χ2n) is 11.1. The van der Waals surface area contributed by atoms with Gasteiger partial charge in [0.25, 0.3) is 5.56 Å². The van der Waals surface area contributed by atoms with E-state index in [0.29, 0.717) is 66.5 Å². The molecular formula is C32H34N6O4. The summed E-state index contributed by atoms with van der Waals surface area (Å²) in [5.41, 5.74) is 2.65. The highest BCUT2D eigenvalue weighted by Gasteiger charge is 2.45. The van der Waals surface area contributed by atoms with E-state index < -0.39 is 5.41 Å². The standard InChI is InChI=1S/C32H34N6O4/c1-6-38-26-10-9-22(17-27(26)35(5)30(40)32(3,4)31(38)41)19-36(20-23-8-7-12-34-25(23)18-33)14-15-37-13-11-28-24(29(37)39)16-21(2)42-28/h7-13,16-17H,6,14-15,19-20H2,1-5H3. The molecule has 0 N–H and O–H groups in total. The third kappa shape index (κ3) is 5.19. The van der Waals surface area contributed by atoms with Crippen molar-refractivity contribution in [2.24, 2.45) is 5.41 Å². The first-order valence-electron chi connectivity index (χ1n) is 13.9. The Bertz CT molecular complexity index is 1780. The van der Waals surface area contributed by atoms with Crippen LogP contribution in [0.4, 0.5) is 11.4 Å². The molecule has 4 heterocycles. The summed E-state index contributed by atoms with van der Waals surface area (Å²) in [4.78, 5) is 49.3. The van der Waals surface area contributed by atoms with Crippen LogP contribution in [-0.4, -0.2) is 46.4 Å². The van der Waals surface area contributed by atoms with E-state index in [4.69, 9.17) is 4.42 Å². The molecule has 0 atom stereocenters. The fourth-order valence-corrected chi connectivity index (χ4v) is 5.55. The molecular weight excluding hydrogens is 532 g/mol. The molecule has 0 spiro atoms. The highest BCUT2D eigenvalue weighted by atomic mass is 16.3. The Morgan fingerprint density at radius 1 is 1.05 bits per heavy atom. The molecule has 0 unspecified atom stereocenters. The van der Waals surface area contributed by atoms with Crippen LogP contribution >= 0.6 is 0 Å². The van der Waals surface area contributed by atoms with Gasteiger partial charge in [-0.1, -0.05) is 12.1 Å². The average molecular weight is 567 g/mol. The van der Waals surface area contributed by atoms with Gasteiger partial charge in [-0.05, 0) is 63.6 Å². The molecule has 0 radical (unpaired) electrons. The number of aryl methyl sites for hydroxylation is 1. The molecule has 0 fully saturated rings. The van der Waals surface area contributed by atoms with Crippen molar-refractivity contribution < 1.29 is 14.0 Å². The normalized spacial score (nSPS) is 14.8. The van der Waals surface area contributed by atoms with Crippen LogP contribution in [0, 0.1) is 23.7 Å². The van der Waals surface area contributed by atoms with Crippen molar-refractivity contribution in [3.05, 3.63) is 87.8 Å². The molecule has 0 aliphatic carbocycles. The number of aromatic nitrogens is 2. The van der Waals surface area contributed by atoms with E-state index >= 15 is 0 Å². The Morgan fingerprint density at radius 3 is 2.57 bits per heavy atom. The average Bonchev–Trinajstić information content (AvgIpc) is 3.36. The Hall–Kier alpha value is -4.75. The minimum absolute atomic E-state index is 0.125. The van der Waals surface area contributed by atoms with Gasteiger partial charge in [0.05, 0.1) is 16.8 Å². The first-order valence-corrected chi connectivity index (χ1v) is 13.9. The zero-order valence-corrected chi connectivity index (χ0v) is 24.5. The Balaban J connectivity index is 1.48. The number of hydrogen-bond acceptors (Lipinski definition) is 7. The minimum atomic E-state index is -1.19. The van der Waals surface area contributed by atoms with Crippen molar-refractivity contribution >= 4 is 34.2 Å². The zero-order valence-electron chi connectivity index (χ0n) is 24.5. The fourth-order valence-electron chi connectivity index (χ4n) is 5.55. The van der Waals surface area contributed by atoms with Gasteiger partial charge in [-0.3, -0.25) is 19.3 Å². The number of fused-ring (bicyclic) bond motifs is 2. The molecule has 0 saturated carbocycles. The van der Waals surface area contributed by atoms with Crippen molar-refractivity contribution in [2.45, 2.75) is 47.3 Å². The van der Waals surface area contributed by atoms with Gasteiger partial charge in [0, 0.05) is 57.7 Å². The van der Waals surface area contributed by atoms with Crippen LogP contribution in [0.2, 0.25) is 0 Å². The minimum Gasteiger partial charge on any atom is -0.461 e. The number of amides is 2. The molecule has 2 amide bonds. The van der Waals surface area contributed by atoms with E-state index in [2.05, 4.69) is 16.0 Å². The van der Waals surface area contributed by atoms with E-state index in [9.17, 15) is 19.6 Å². The number of anilines is 2. The summed E-state index contributed by atoms with van der Waals surface area (Å²) in [6.45, 7) is 9.29. The maximum absolute atomic E-state index is 13.3. The van der Waals surface area contributed by atoms with Gasteiger partial charge in [0.15, 0.2) is 0 Å². The van der Waals surface area contributed by atoms with Crippen LogP contribution in [0.25, 0.3) is 11.0 Å². The molecule has 42 heavy (non-hydrogen) atoms. The molecule has 1 aliphatic heterocycles. The molecule has 10 heteroatoms. The summed E-state index contributed by atoms with van der Waals surface area (Å²) in [7, 11) is 1.70. The summed E-state index contributed by atoms with van der Waals surface area (Å²) in [6.07, 6.45) is 3.33. The molecule has 1 aromatic carbocycles. The lowest BCUT2D eigenvalue weighted by molar-refractivity contribution is -0.137. The third-order valence-electron chi connectivity index (χ3n) is 7.86. The Morgan fingerprint density at radius 2 is 1.83 bits per heavy atom. The Kier molecular flexibility index (Phi) is 7.71. The van der Waals surface area contributed by atoms with Crippen molar-refractivity contribution in [3.63, 3.8) is 0 Å². The highest BCUT2D eigenvalue weighted by molar-refractivity contribution is 6.19. The van der Waals surface area contributed by atoms with Crippen LogP contribution < -0.4 is 15.4 Å². The monoisotopic (exact) mass is 566 g/mol. The van der Waals surface area contributed by atoms with E-state index in [0.717, 1.165) is 11.1 Å². The van der Waals surface area contributed by atoms with Crippen LogP contribution in [-0.2, 0) is 29.2 Å². The topological polar surface area (TPSA) is 116 Å². The van der Waals surface area contributed by atoms with E-state index in [1.165, 1.54) is 0 Å². The molecule has 3 aromatic heterocycles. The fraction of sp³-hybridized carbons (Fsp3) is 0.344. The number of rotatable bonds is 8. The second kappa shape index (κ2) is 11.3. The van der Waals surface area contributed by atoms with Gasteiger partial charge < -0.3 is 18.8 Å². The maximum atomic E-state index is 13.3. The lowest BCUT2D eigenvalue weighted by atomic mass is 9.90. The quantitative estimate of drug-likeness (QED) is 0.293. The van der Waals surface area contributed by atoms with Gasteiger partial charge in [0.2, 0.25) is 11.8 Å². The highest BCUT2D eigenvalue weighted by Crippen LogP contribution is 2.39. The predicted octanol–water partition coefficient (Wildman–Crippen LogP) is 4.23. The van der Waals surface area contributed by atoms with Crippen LogP contribution in [0.3, 0.4) is 0 Å². The molecule has 4 aromatic rings. The van der Waals surface area contributed by atoms with Crippen molar-refractivity contribution in [2.75, 3.05) is 29.9 Å². The summed E-state index contributed by atoms with van der Waals surface area (Å²) in [5.74, 6) is 0.184. The smallest absolute Gasteiger partial charge is 0.261 e. The van der Waals surface area contributed by atoms with E-state index in [-0.39, 0.29) is 17.4 Å². The third-order valence-corrected chi connectivity index (χ3v) is 7.86. The van der Waals surface area contributed by atoms with E-state index in [1.54, 1.807) is 65.9 Å². The number of nitriles is 1. The largest absolute Gasteiger partial charge is 0.461 e. The van der Waals surface area contributed by atoms with Crippen LogP contribution in [0.15, 0.2) is 64.1 Å². The zero-order chi connectivity index (χ0) is 30.2. The Labute approximate surface area is 244 Å². The maximum Gasteiger partial charge on any atom is 0.261 e. The molecule has 216 valence electrons. The summed E-state index contributed by atoms with van der Waals surface area (Å²) < 4.78 is 7.27. The second-order valence-corrected chi connectivity index (χ2v) is 11.1. The van der Waals surface area contributed by atoms with E-state index in [1.807, 2.05) is 38.1 Å². The number of benzene rings is 1. The van der Waals surface area contributed by atoms with Gasteiger partial charge in [-0.25, -0.2) is 4.98 Å². The molecule has 0 saturated heterocycles. The van der Waals surface area contributed by atoms with Gasteiger partial charge in [-0.2, -0.15) is 5.26 Å². The van der Waals surface area contributed by atoms with Gasteiger partial charge in [0.1, 0.15) is 28.5 Å². The summed E-state index contributed by atoms with van der Waals surface area (Å²) in [6, 6.07) is 15.2. The van der Waals surface area contributed by atoms with Crippen molar-refractivity contribution in [1.29, 1.82) is 5.26 Å². The van der Waals surface area contributed by atoms with Crippen molar-refractivity contribution in [1.82, 2.24) is 14.5 Å².